The Morgan fingerprint density at radius 3 is 2.94 bits per heavy atom. The maximum Gasteiger partial charge on any atom is 0.174 e. The second kappa shape index (κ2) is 5.43. The van der Waals surface area contributed by atoms with Crippen molar-refractivity contribution in [1.29, 1.82) is 0 Å². The summed E-state index contributed by atoms with van der Waals surface area (Å²) in [5.41, 5.74) is 0. The average Bonchev–Trinajstić information content (AvgIpc) is 2.61. The van der Waals surface area contributed by atoms with E-state index in [1.54, 1.807) is 0 Å². The van der Waals surface area contributed by atoms with E-state index in [1.165, 1.54) is 11.3 Å². The fraction of sp³-hybridized carbons (Fsp3) is 0.583. The van der Waals surface area contributed by atoms with Gasteiger partial charge in [0.1, 0.15) is 0 Å². The first-order chi connectivity index (χ1) is 7.70. The number of rotatable bonds is 5. The first-order valence-electron chi connectivity index (χ1n) is 5.58. The number of thiophene rings is 1. The summed E-state index contributed by atoms with van der Waals surface area (Å²) in [6, 6.07) is 1.93. The fourth-order valence-corrected chi connectivity index (χ4v) is 3.60. The highest BCUT2D eigenvalue weighted by Crippen LogP contribution is 2.35. The van der Waals surface area contributed by atoms with Crippen LogP contribution in [0, 0.1) is 5.92 Å². The van der Waals surface area contributed by atoms with E-state index in [-0.39, 0.29) is 5.78 Å². The van der Waals surface area contributed by atoms with Crippen LogP contribution in [0.25, 0.3) is 0 Å². The number of carbonyl (C=O) groups excluding carboxylic acids is 1. The molecule has 2 rings (SSSR count). The molecule has 1 aliphatic carbocycles. The number of hydrogen-bond donors (Lipinski definition) is 0. The van der Waals surface area contributed by atoms with Crippen molar-refractivity contribution in [3.05, 3.63) is 20.8 Å². The van der Waals surface area contributed by atoms with Gasteiger partial charge < -0.3 is 4.74 Å². The van der Waals surface area contributed by atoms with Gasteiger partial charge in [-0.2, -0.15) is 0 Å². The zero-order chi connectivity index (χ0) is 11.5. The fourth-order valence-electron chi connectivity index (χ4n) is 2.06. The topological polar surface area (TPSA) is 26.3 Å². The van der Waals surface area contributed by atoms with Gasteiger partial charge in [0.25, 0.3) is 0 Å². The van der Waals surface area contributed by atoms with Crippen LogP contribution in [-0.4, -0.2) is 18.5 Å². The Bertz CT molecular complexity index is 369. The van der Waals surface area contributed by atoms with E-state index in [0.29, 0.717) is 18.4 Å². The van der Waals surface area contributed by atoms with Crippen molar-refractivity contribution in [3.8, 4) is 0 Å². The SMILES string of the molecule is CCOC1CC(CC(=O)c2sccc2Br)C1. The van der Waals surface area contributed by atoms with E-state index in [9.17, 15) is 4.79 Å². The second-order valence-corrected chi connectivity index (χ2v) is 5.91. The molecule has 1 aliphatic rings. The molecule has 0 radical (unpaired) electrons. The summed E-state index contributed by atoms with van der Waals surface area (Å²) < 4.78 is 6.42. The summed E-state index contributed by atoms with van der Waals surface area (Å²) in [5.74, 6) is 0.792. The molecule has 2 nitrogen and oxygen atoms in total. The molecule has 0 spiro atoms. The Morgan fingerprint density at radius 1 is 1.62 bits per heavy atom. The van der Waals surface area contributed by atoms with Gasteiger partial charge >= 0.3 is 0 Å². The molecule has 0 amide bonds. The van der Waals surface area contributed by atoms with Gasteiger partial charge in [-0.05, 0) is 53.1 Å². The molecule has 1 heterocycles. The molecule has 1 saturated carbocycles. The van der Waals surface area contributed by atoms with Crippen LogP contribution in [0.4, 0.5) is 0 Å². The van der Waals surface area contributed by atoms with Crippen molar-refractivity contribution in [2.75, 3.05) is 6.61 Å². The van der Waals surface area contributed by atoms with E-state index >= 15 is 0 Å². The van der Waals surface area contributed by atoms with Crippen molar-refractivity contribution >= 4 is 33.0 Å². The predicted octanol–water partition coefficient (Wildman–Crippen LogP) is 3.90. The zero-order valence-corrected chi connectivity index (χ0v) is 11.6. The summed E-state index contributed by atoms with van der Waals surface area (Å²) in [4.78, 5) is 12.8. The maximum absolute atomic E-state index is 11.9. The Hall–Kier alpha value is -0.190. The van der Waals surface area contributed by atoms with E-state index in [4.69, 9.17) is 4.74 Å². The van der Waals surface area contributed by atoms with Gasteiger partial charge in [-0.25, -0.2) is 0 Å². The molecular weight excluding hydrogens is 288 g/mol. The molecule has 0 unspecified atom stereocenters. The normalized spacial score (nSPS) is 24.1. The third-order valence-corrected chi connectivity index (χ3v) is 4.82. The van der Waals surface area contributed by atoms with E-state index in [0.717, 1.165) is 28.8 Å². The van der Waals surface area contributed by atoms with Gasteiger partial charge in [-0.3, -0.25) is 4.79 Å². The van der Waals surface area contributed by atoms with Crippen LogP contribution >= 0.6 is 27.3 Å². The molecule has 0 bridgehead atoms. The van der Waals surface area contributed by atoms with Crippen LogP contribution in [0.2, 0.25) is 0 Å². The van der Waals surface area contributed by atoms with Gasteiger partial charge in [0.15, 0.2) is 5.78 Å². The van der Waals surface area contributed by atoms with Crippen molar-refractivity contribution < 1.29 is 9.53 Å². The quantitative estimate of drug-likeness (QED) is 0.771. The molecule has 88 valence electrons. The highest BCUT2D eigenvalue weighted by Gasteiger charge is 2.31. The molecule has 1 aromatic heterocycles. The monoisotopic (exact) mass is 302 g/mol. The standard InChI is InChI=1S/C12H15BrO2S/c1-2-15-9-5-8(6-9)7-11(14)12-10(13)3-4-16-12/h3-4,8-9H,2,5-7H2,1H3. The first-order valence-corrected chi connectivity index (χ1v) is 7.25. The Kier molecular flexibility index (Phi) is 4.16. The summed E-state index contributed by atoms with van der Waals surface area (Å²) in [6.45, 7) is 2.79. The van der Waals surface area contributed by atoms with E-state index in [1.807, 2.05) is 18.4 Å². The summed E-state index contributed by atoms with van der Waals surface area (Å²) in [7, 11) is 0. The van der Waals surface area contributed by atoms with Crippen LogP contribution in [0.1, 0.15) is 35.9 Å². The lowest BCUT2D eigenvalue weighted by Crippen LogP contribution is -2.32. The van der Waals surface area contributed by atoms with Gasteiger partial charge in [0, 0.05) is 17.5 Å². The first kappa shape index (κ1) is 12.3. The lowest BCUT2D eigenvalue weighted by atomic mass is 9.79. The Balaban J connectivity index is 1.80. The number of hydrogen-bond acceptors (Lipinski definition) is 3. The van der Waals surface area contributed by atoms with Gasteiger partial charge in [-0.1, -0.05) is 0 Å². The van der Waals surface area contributed by atoms with Crippen molar-refractivity contribution in [2.45, 2.75) is 32.3 Å². The Morgan fingerprint density at radius 2 is 2.38 bits per heavy atom. The number of halogens is 1. The number of carbonyl (C=O) groups is 1. The van der Waals surface area contributed by atoms with Crippen LogP contribution in [0.15, 0.2) is 15.9 Å². The van der Waals surface area contributed by atoms with Gasteiger partial charge in [0.05, 0.1) is 11.0 Å². The summed E-state index contributed by atoms with van der Waals surface area (Å²) in [6.07, 6.45) is 3.16. The third-order valence-electron chi connectivity index (χ3n) is 2.94. The number of Topliss-reactive ketones (excluding diaryl/α,β-unsaturated/α-hetero) is 1. The second-order valence-electron chi connectivity index (χ2n) is 4.14. The molecule has 1 aromatic rings. The van der Waals surface area contributed by atoms with Crippen molar-refractivity contribution in [1.82, 2.24) is 0 Å². The number of ether oxygens (including phenoxy) is 1. The lowest BCUT2D eigenvalue weighted by Gasteiger charge is -2.34. The van der Waals surface area contributed by atoms with Crippen LogP contribution in [0.3, 0.4) is 0 Å². The lowest BCUT2D eigenvalue weighted by molar-refractivity contribution is -0.0245. The third kappa shape index (κ3) is 2.73. The molecule has 0 saturated heterocycles. The van der Waals surface area contributed by atoms with Crippen LogP contribution in [-0.2, 0) is 4.74 Å². The molecule has 4 heteroatoms. The van der Waals surface area contributed by atoms with Gasteiger partial charge in [0.2, 0.25) is 0 Å². The van der Waals surface area contributed by atoms with Gasteiger partial charge in [-0.15, -0.1) is 11.3 Å². The smallest absolute Gasteiger partial charge is 0.174 e. The summed E-state index contributed by atoms with van der Waals surface area (Å²) >= 11 is 4.92. The van der Waals surface area contributed by atoms with Crippen molar-refractivity contribution in [3.63, 3.8) is 0 Å². The zero-order valence-electron chi connectivity index (χ0n) is 9.24. The minimum atomic E-state index is 0.266. The minimum absolute atomic E-state index is 0.266. The molecular formula is C12H15BrO2S. The predicted molar refractivity (Wildman–Crippen MR) is 69.1 cm³/mol. The molecule has 0 N–H and O–H groups in total. The maximum atomic E-state index is 11.9. The highest BCUT2D eigenvalue weighted by atomic mass is 79.9. The average molecular weight is 303 g/mol. The van der Waals surface area contributed by atoms with Crippen LogP contribution in [0.5, 0.6) is 0 Å². The summed E-state index contributed by atoms with van der Waals surface area (Å²) in [5, 5.41) is 1.95. The largest absolute Gasteiger partial charge is 0.378 e. The molecule has 16 heavy (non-hydrogen) atoms. The van der Waals surface area contributed by atoms with E-state index < -0.39 is 0 Å². The minimum Gasteiger partial charge on any atom is -0.378 e. The molecule has 0 aromatic carbocycles. The van der Waals surface area contributed by atoms with Crippen LogP contribution < -0.4 is 0 Å². The molecule has 0 atom stereocenters. The molecule has 1 fully saturated rings. The van der Waals surface area contributed by atoms with E-state index in [2.05, 4.69) is 15.9 Å². The Labute approximate surface area is 108 Å². The highest BCUT2D eigenvalue weighted by molar-refractivity contribution is 9.10. The molecule has 0 aliphatic heterocycles. The number of ketones is 1. The van der Waals surface area contributed by atoms with Crippen molar-refractivity contribution in [2.24, 2.45) is 5.92 Å².